The van der Waals surface area contributed by atoms with Gasteiger partial charge >= 0.3 is 5.97 Å². The van der Waals surface area contributed by atoms with Crippen molar-refractivity contribution in [2.45, 2.75) is 40.0 Å². The van der Waals surface area contributed by atoms with Gasteiger partial charge in [-0.1, -0.05) is 24.6 Å². The minimum atomic E-state index is -0.238. The van der Waals surface area contributed by atoms with Crippen molar-refractivity contribution in [2.75, 3.05) is 13.2 Å². The van der Waals surface area contributed by atoms with Crippen molar-refractivity contribution in [3.05, 3.63) is 47.3 Å². The number of amides is 1. The molecule has 0 bridgehead atoms. The summed E-state index contributed by atoms with van der Waals surface area (Å²) in [6.45, 7) is 6.61. The Morgan fingerprint density at radius 3 is 2.56 bits per heavy atom. The largest absolute Gasteiger partial charge is 0.466 e. The van der Waals surface area contributed by atoms with Crippen molar-refractivity contribution in [3.63, 3.8) is 0 Å². The second-order valence-electron chi connectivity index (χ2n) is 5.77. The van der Waals surface area contributed by atoms with Gasteiger partial charge in [0, 0.05) is 13.0 Å². The molecule has 1 aromatic heterocycles. The molecular formula is C19H25N3O3. The second-order valence-corrected chi connectivity index (χ2v) is 5.77. The lowest BCUT2D eigenvalue weighted by atomic mass is 10.1. The highest BCUT2D eigenvalue weighted by Crippen LogP contribution is 2.16. The van der Waals surface area contributed by atoms with Crippen molar-refractivity contribution in [1.82, 2.24) is 15.1 Å². The maximum atomic E-state index is 12.4. The minimum absolute atomic E-state index is 0.168. The molecule has 1 heterocycles. The van der Waals surface area contributed by atoms with Crippen molar-refractivity contribution in [2.24, 2.45) is 0 Å². The molecular weight excluding hydrogens is 318 g/mol. The maximum absolute atomic E-state index is 12.4. The van der Waals surface area contributed by atoms with Gasteiger partial charge in [0.05, 0.1) is 29.7 Å². The van der Waals surface area contributed by atoms with Crippen molar-refractivity contribution in [3.8, 4) is 5.69 Å². The van der Waals surface area contributed by atoms with Gasteiger partial charge < -0.3 is 10.1 Å². The number of hydrogen-bond acceptors (Lipinski definition) is 4. The Balaban J connectivity index is 2.00. The Morgan fingerprint density at radius 1 is 1.20 bits per heavy atom. The number of carbonyl (C=O) groups excluding carboxylic acids is 2. The summed E-state index contributed by atoms with van der Waals surface area (Å²) in [7, 11) is 0. The number of carbonyl (C=O) groups is 2. The molecule has 0 saturated carbocycles. The third-order valence-electron chi connectivity index (χ3n) is 3.88. The first-order valence-corrected chi connectivity index (χ1v) is 8.64. The lowest BCUT2D eigenvalue weighted by molar-refractivity contribution is -0.143. The molecule has 0 radical (unpaired) electrons. The van der Waals surface area contributed by atoms with Crippen LogP contribution in [0.3, 0.4) is 0 Å². The SMILES string of the molecule is CCOC(=O)CCCNC(=O)c1cnn(-c2ccc(C)cc2)c1CC. The van der Waals surface area contributed by atoms with E-state index in [0.29, 0.717) is 38.0 Å². The van der Waals surface area contributed by atoms with Crippen LogP contribution in [0.5, 0.6) is 0 Å². The number of nitrogens with zero attached hydrogens (tertiary/aromatic N) is 2. The molecule has 0 saturated heterocycles. The molecule has 0 fully saturated rings. The summed E-state index contributed by atoms with van der Waals surface area (Å²) in [4.78, 5) is 23.7. The molecule has 2 rings (SSSR count). The lowest BCUT2D eigenvalue weighted by Gasteiger charge is -2.09. The Bertz CT molecular complexity index is 720. The second kappa shape index (κ2) is 9.01. The first-order valence-electron chi connectivity index (χ1n) is 8.64. The standard InChI is InChI=1S/C19H25N3O3/c1-4-17-16(19(24)20-12-6-7-18(23)25-5-2)13-21-22(17)15-10-8-14(3)9-11-15/h8-11,13H,4-7,12H2,1-3H3,(H,20,24). The maximum Gasteiger partial charge on any atom is 0.305 e. The highest BCUT2D eigenvalue weighted by Gasteiger charge is 2.17. The highest BCUT2D eigenvalue weighted by molar-refractivity contribution is 5.95. The molecule has 1 amide bonds. The third-order valence-corrected chi connectivity index (χ3v) is 3.88. The zero-order valence-corrected chi connectivity index (χ0v) is 15.0. The predicted molar refractivity (Wildman–Crippen MR) is 95.9 cm³/mol. The molecule has 6 nitrogen and oxygen atoms in total. The van der Waals surface area contributed by atoms with Gasteiger partial charge in [0.1, 0.15) is 0 Å². The molecule has 0 aliphatic rings. The summed E-state index contributed by atoms with van der Waals surface area (Å²) in [6, 6.07) is 8.02. The number of aromatic nitrogens is 2. The van der Waals surface area contributed by atoms with E-state index in [4.69, 9.17) is 4.74 Å². The fraction of sp³-hybridized carbons (Fsp3) is 0.421. The van der Waals surface area contributed by atoms with E-state index >= 15 is 0 Å². The van der Waals surface area contributed by atoms with Crippen LogP contribution in [0.2, 0.25) is 0 Å². The molecule has 6 heteroatoms. The van der Waals surface area contributed by atoms with Crippen molar-refractivity contribution in [1.29, 1.82) is 0 Å². The highest BCUT2D eigenvalue weighted by atomic mass is 16.5. The van der Waals surface area contributed by atoms with Gasteiger partial charge in [0.15, 0.2) is 0 Å². The molecule has 0 aliphatic carbocycles. The summed E-state index contributed by atoms with van der Waals surface area (Å²) in [5.41, 5.74) is 3.54. The quantitative estimate of drug-likeness (QED) is 0.591. The summed E-state index contributed by atoms with van der Waals surface area (Å²) in [5.74, 6) is -0.405. The average Bonchev–Trinajstić information content (AvgIpc) is 3.03. The smallest absolute Gasteiger partial charge is 0.305 e. The fourth-order valence-electron chi connectivity index (χ4n) is 2.58. The van der Waals surface area contributed by atoms with Gasteiger partial charge in [0.25, 0.3) is 5.91 Å². The van der Waals surface area contributed by atoms with Crippen LogP contribution in [0.25, 0.3) is 5.69 Å². The molecule has 0 atom stereocenters. The zero-order chi connectivity index (χ0) is 18.2. The summed E-state index contributed by atoms with van der Waals surface area (Å²) < 4.78 is 6.66. The molecule has 1 N–H and O–H groups in total. The van der Waals surface area contributed by atoms with E-state index in [1.54, 1.807) is 17.8 Å². The fourth-order valence-corrected chi connectivity index (χ4v) is 2.58. The Kier molecular flexibility index (Phi) is 6.74. The predicted octanol–water partition coefficient (Wildman–Crippen LogP) is 2.82. The number of esters is 1. The number of aryl methyl sites for hydroxylation is 1. The third kappa shape index (κ3) is 4.92. The topological polar surface area (TPSA) is 73.2 Å². The summed E-state index contributed by atoms with van der Waals surface area (Å²) in [6.07, 6.45) is 3.15. The first-order chi connectivity index (χ1) is 12.1. The number of benzene rings is 1. The normalized spacial score (nSPS) is 10.5. The van der Waals surface area contributed by atoms with Crippen molar-refractivity contribution >= 4 is 11.9 Å². The van der Waals surface area contributed by atoms with Crippen LogP contribution >= 0.6 is 0 Å². The average molecular weight is 343 g/mol. The summed E-state index contributed by atoms with van der Waals surface area (Å²) >= 11 is 0. The van der Waals surface area contributed by atoms with Gasteiger partial charge in [-0.3, -0.25) is 9.59 Å². The van der Waals surface area contributed by atoms with E-state index in [0.717, 1.165) is 11.4 Å². The van der Waals surface area contributed by atoms with Crippen LogP contribution in [-0.4, -0.2) is 34.8 Å². The number of rotatable bonds is 8. The molecule has 25 heavy (non-hydrogen) atoms. The molecule has 0 unspecified atom stereocenters. The van der Waals surface area contributed by atoms with Crippen LogP contribution in [-0.2, 0) is 16.0 Å². The number of ether oxygens (including phenoxy) is 1. The zero-order valence-electron chi connectivity index (χ0n) is 15.0. The van der Waals surface area contributed by atoms with Gasteiger partial charge in [-0.25, -0.2) is 4.68 Å². The Hall–Kier alpha value is -2.63. The van der Waals surface area contributed by atoms with E-state index in [-0.39, 0.29) is 11.9 Å². The lowest BCUT2D eigenvalue weighted by Crippen LogP contribution is -2.26. The number of hydrogen-bond donors (Lipinski definition) is 1. The van der Waals surface area contributed by atoms with Crippen LogP contribution in [0.1, 0.15) is 48.3 Å². The van der Waals surface area contributed by atoms with E-state index < -0.39 is 0 Å². The van der Waals surface area contributed by atoms with Gasteiger partial charge in [-0.05, 0) is 38.8 Å². The van der Waals surface area contributed by atoms with E-state index in [1.165, 1.54) is 5.56 Å². The van der Waals surface area contributed by atoms with Crippen LogP contribution < -0.4 is 5.32 Å². The molecule has 1 aromatic carbocycles. The van der Waals surface area contributed by atoms with Gasteiger partial charge in [-0.2, -0.15) is 5.10 Å². The number of nitrogens with one attached hydrogen (secondary N) is 1. The van der Waals surface area contributed by atoms with Crippen LogP contribution in [0.4, 0.5) is 0 Å². The Labute approximate surface area is 148 Å². The van der Waals surface area contributed by atoms with Gasteiger partial charge in [-0.15, -0.1) is 0 Å². The summed E-state index contributed by atoms with van der Waals surface area (Å²) in [5, 5.41) is 7.22. The van der Waals surface area contributed by atoms with Crippen LogP contribution in [0, 0.1) is 6.92 Å². The molecule has 2 aromatic rings. The Morgan fingerprint density at radius 2 is 1.92 bits per heavy atom. The first kappa shape index (κ1) is 18.7. The van der Waals surface area contributed by atoms with E-state index in [1.807, 2.05) is 38.1 Å². The molecule has 134 valence electrons. The van der Waals surface area contributed by atoms with E-state index in [9.17, 15) is 9.59 Å². The minimum Gasteiger partial charge on any atom is -0.466 e. The van der Waals surface area contributed by atoms with E-state index in [2.05, 4.69) is 10.4 Å². The van der Waals surface area contributed by atoms with Crippen molar-refractivity contribution < 1.29 is 14.3 Å². The van der Waals surface area contributed by atoms with Gasteiger partial charge in [0.2, 0.25) is 0 Å². The molecule has 0 aliphatic heterocycles. The molecule has 0 spiro atoms. The monoisotopic (exact) mass is 343 g/mol. The van der Waals surface area contributed by atoms with Crippen LogP contribution in [0.15, 0.2) is 30.5 Å².